The Bertz CT molecular complexity index is 575. The number of carbonyl (C=O) groups excluding carboxylic acids is 2. The smallest absolute Gasteiger partial charge is 0.226 e. The highest BCUT2D eigenvalue weighted by molar-refractivity contribution is 5.99. The second kappa shape index (κ2) is 5.95. The van der Waals surface area contributed by atoms with Crippen LogP contribution in [0.15, 0.2) is 40.9 Å². The fourth-order valence-corrected chi connectivity index (χ4v) is 1.63. The number of rotatable bonds is 5. The molecule has 19 heavy (non-hydrogen) atoms. The number of aromatic nitrogens is 1. The zero-order chi connectivity index (χ0) is 13.7. The van der Waals surface area contributed by atoms with Crippen molar-refractivity contribution in [3.8, 4) is 0 Å². The van der Waals surface area contributed by atoms with Crippen LogP contribution in [0.25, 0.3) is 0 Å². The maximum Gasteiger partial charge on any atom is 0.226 e. The minimum Gasteiger partial charge on any atom is -0.360 e. The molecule has 0 saturated carbocycles. The lowest BCUT2D eigenvalue weighted by molar-refractivity contribution is -0.116. The lowest BCUT2D eigenvalue weighted by atomic mass is 10.1. The molecule has 2 aromatic rings. The minimum atomic E-state index is -0.252. The molecule has 0 bridgehead atoms. The van der Waals surface area contributed by atoms with Crippen molar-refractivity contribution in [1.82, 2.24) is 5.16 Å². The van der Waals surface area contributed by atoms with Crippen LogP contribution in [0.1, 0.15) is 29.0 Å². The summed E-state index contributed by atoms with van der Waals surface area (Å²) in [4.78, 5) is 23.4. The van der Waals surface area contributed by atoms with Crippen molar-refractivity contribution in [3.63, 3.8) is 0 Å². The molecular weight excluding hydrogens is 244 g/mol. The van der Waals surface area contributed by atoms with E-state index in [4.69, 9.17) is 4.52 Å². The summed E-state index contributed by atoms with van der Waals surface area (Å²) in [6.07, 6.45) is 0.298. The maximum atomic E-state index is 11.8. The van der Waals surface area contributed by atoms with Crippen LogP contribution in [-0.4, -0.2) is 16.8 Å². The molecule has 98 valence electrons. The Balaban J connectivity index is 1.82. The van der Waals surface area contributed by atoms with Gasteiger partial charge in [0.25, 0.3) is 0 Å². The first kappa shape index (κ1) is 13.0. The van der Waals surface area contributed by atoms with Gasteiger partial charge < -0.3 is 9.84 Å². The highest BCUT2D eigenvalue weighted by Gasteiger charge is 2.10. The average molecular weight is 258 g/mol. The van der Waals surface area contributed by atoms with Gasteiger partial charge in [-0.25, -0.2) is 0 Å². The fraction of sp³-hybridized carbons (Fsp3) is 0.214. The van der Waals surface area contributed by atoms with Crippen LogP contribution >= 0.6 is 0 Å². The number of nitrogens with zero attached hydrogens (tertiary/aromatic N) is 1. The fourth-order valence-electron chi connectivity index (χ4n) is 1.63. The first-order chi connectivity index (χ1) is 9.15. The van der Waals surface area contributed by atoms with Gasteiger partial charge in [-0.2, -0.15) is 0 Å². The Kier molecular flexibility index (Phi) is 4.07. The van der Waals surface area contributed by atoms with E-state index in [9.17, 15) is 9.59 Å². The van der Waals surface area contributed by atoms with Crippen LogP contribution in [0.3, 0.4) is 0 Å². The molecule has 0 fully saturated rings. The van der Waals surface area contributed by atoms with Crippen molar-refractivity contribution in [2.45, 2.75) is 19.8 Å². The standard InChI is InChI=1S/C14H14N2O3/c1-10-9-13(16-19-10)15-14(18)8-7-12(17)11-5-3-2-4-6-11/h2-6,9H,7-8H2,1H3,(H,15,16,18). The number of Topliss-reactive ketones (excluding diaryl/α,β-unsaturated/α-hetero) is 1. The van der Waals surface area contributed by atoms with Gasteiger partial charge in [0.2, 0.25) is 5.91 Å². The van der Waals surface area contributed by atoms with E-state index in [2.05, 4.69) is 10.5 Å². The molecule has 1 N–H and O–H groups in total. The van der Waals surface area contributed by atoms with E-state index in [0.29, 0.717) is 17.1 Å². The van der Waals surface area contributed by atoms with Crippen LogP contribution < -0.4 is 5.32 Å². The van der Waals surface area contributed by atoms with Gasteiger partial charge in [0.15, 0.2) is 11.6 Å². The van der Waals surface area contributed by atoms with Crippen molar-refractivity contribution in [1.29, 1.82) is 0 Å². The van der Waals surface area contributed by atoms with E-state index < -0.39 is 0 Å². The number of amides is 1. The lowest BCUT2D eigenvalue weighted by Gasteiger charge is -2.01. The molecule has 2 rings (SSSR count). The largest absolute Gasteiger partial charge is 0.360 e. The van der Waals surface area contributed by atoms with Crippen molar-refractivity contribution < 1.29 is 14.1 Å². The van der Waals surface area contributed by atoms with Crippen LogP contribution in [-0.2, 0) is 4.79 Å². The highest BCUT2D eigenvalue weighted by Crippen LogP contribution is 2.09. The molecule has 1 aromatic heterocycles. The quantitative estimate of drug-likeness (QED) is 0.836. The Morgan fingerprint density at radius 3 is 2.58 bits per heavy atom. The monoisotopic (exact) mass is 258 g/mol. The summed E-state index contributed by atoms with van der Waals surface area (Å²) in [5.74, 6) is 0.690. The maximum absolute atomic E-state index is 11.8. The molecule has 0 unspecified atom stereocenters. The Hall–Kier alpha value is -2.43. The summed E-state index contributed by atoms with van der Waals surface area (Å²) in [6, 6.07) is 10.5. The van der Waals surface area contributed by atoms with Crippen molar-refractivity contribution in [2.75, 3.05) is 5.32 Å². The highest BCUT2D eigenvalue weighted by atomic mass is 16.5. The molecule has 0 radical (unpaired) electrons. The molecule has 5 nitrogen and oxygen atoms in total. The molecular formula is C14H14N2O3. The number of nitrogens with one attached hydrogen (secondary N) is 1. The molecule has 5 heteroatoms. The number of hydrogen-bond acceptors (Lipinski definition) is 4. The third-order valence-electron chi connectivity index (χ3n) is 2.57. The van der Waals surface area contributed by atoms with E-state index in [-0.39, 0.29) is 24.5 Å². The second-order valence-electron chi connectivity index (χ2n) is 4.16. The Morgan fingerprint density at radius 1 is 1.21 bits per heavy atom. The number of anilines is 1. The van der Waals surface area contributed by atoms with Gasteiger partial charge in [-0.3, -0.25) is 9.59 Å². The van der Waals surface area contributed by atoms with Crippen molar-refractivity contribution >= 4 is 17.5 Å². The third kappa shape index (κ3) is 3.77. The van der Waals surface area contributed by atoms with E-state index in [1.165, 1.54) is 0 Å². The Labute approximate surface area is 110 Å². The third-order valence-corrected chi connectivity index (χ3v) is 2.57. The molecule has 0 aliphatic carbocycles. The van der Waals surface area contributed by atoms with Gasteiger partial charge in [-0.05, 0) is 6.92 Å². The van der Waals surface area contributed by atoms with Gasteiger partial charge in [0.05, 0.1) is 0 Å². The molecule has 0 atom stereocenters. The van der Waals surface area contributed by atoms with Gasteiger partial charge >= 0.3 is 0 Å². The first-order valence-corrected chi connectivity index (χ1v) is 5.96. The number of ketones is 1. The van der Waals surface area contributed by atoms with Crippen LogP contribution in [0.2, 0.25) is 0 Å². The molecule has 0 aliphatic rings. The van der Waals surface area contributed by atoms with Crippen LogP contribution in [0.5, 0.6) is 0 Å². The Morgan fingerprint density at radius 2 is 1.95 bits per heavy atom. The van der Waals surface area contributed by atoms with Gasteiger partial charge in [-0.15, -0.1) is 0 Å². The second-order valence-corrected chi connectivity index (χ2v) is 4.16. The lowest BCUT2D eigenvalue weighted by Crippen LogP contribution is -2.13. The first-order valence-electron chi connectivity index (χ1n) is 5.96. The SMILES string of the molecule is Cc1cc(NC(=O)CCC(=O)c2ccccc2)no1. The molecule has 0 spiro atoms. The molecule has 1 amide bonds. The number of carbonyl (C=O) groups is 2. The summed E-state index contributed by atoms with van der Waals surface area (Å²) in [5, 5.41) is 6.22. The minimum absolute atomic E-state index is 0.0490. The zero-order valence-electron chi connectivity index (χ0n) is 10.6. The summed E-state index contributed by atoms with van der Waals surface area (Å²) < 4.78 is 4.83. The number of benzene rings is 1. The molecule has 1 aromatic carbocycles. The van der Waals surface area contributed by atoms with E-state index in [1.54, 1.807) is 37.3 Å². The van der Waals surface area contributed by atoms with Crippen LogP contribution in [0.4, 0.5) is 5.82 Å². The van der Waals surface area contributed by atoms with E-state index >= 15 is 0 Å². The topological polar surface area (TPSA) is 72.2 Å². The number of aryl methyl sites for hydroxylation is 1. The number of hydrogen-bond donors (Lipinski definition) is 1. The summed E-state index contributed by atoms with van der Waals surface area (Å²) >= 11 is 0. The predicted octanol–water partition coefficient (Wildman–Crippen LogP) is 2.58. The molecule has 0 aliphatic heterocycles. The van der Waals surface area contributed by atoms with Crippen molar-refractivity contribution in [2.24, 2.45) is 0 Å². The average Bonchev–Trinajstić information content (AvgIpc) is 2.82. The van der Waals surface area contributed by atoms with Crippen molar-refractivity contribution in [3.05, 3.63) is 47.7 Å². The van der Waals surface area contributed by atoms with E-state index in [0.717, 1.165) is 0 Å². The van der Waals surface area contributed by atoms with Crippen LogP contribution in [0, 0.1) is 6.92 Å². The van der Waals surface area contributed by atoms with Gasteiger partial charge in [0.1, 0.15) is 5.76 Å². The summed E-state index contributed by atoms with van der Waals surface area (Å²) in [6.45, 7) is 1.74. The normalized spacial score (nSPS) is 10.2. The summed E-state index contributed by atoms with van der Waals surface area (Å²) in [5.41, 5.74) is 0.618. The summed E-state index contributed by atoms with van der Waals surface area (Å²) in [7, 11) is 0. The van der Waals surface area contributed by atoms with Gasteiger partial charge in [-0.1, -0.05) is 35.5 Å². The molecule has 1 heterocycles. The molecule has 0 saturated heterocycles. The van der Waals surface area contributed by atoms with E-state index in [1.807, 2.05) is 6.07 Å². The van der Waals surface area contributed by atoms with Gasteiger partial charge in [0, 0.05) is 24.5 Å². The zero-order valence-corrected chi connectivity index (χ0v) is 10.6. The predicted molar refractivity (Wildman–Crippen MR) is 69.9 cm³/mol.